The Balaban J connectivity index is 0.000000261. The first-order valence-corrected chi connectivity index (χ1v) is 8.23. The first kappa shape index (κ1) is 19.0. The van der Waals surface area contributed by atoms with Gasteiger partial charge in [-0.3, -0.25) is 0 Å². The summed E-state index contributed by atoms with van der Waals surface area (Å²) in [5.74, 6) is 0. The monoisotopic (exact) mass is 307 g/mol. The molecular formula is C19H33NO2. The number of aryl methyl sites for hydroxylation is 1. The van der Waals surface area contributed by atoms with Crippen LogP contribution in [0, 0.1) is 12.3 Å². The standard InChI is InChI=1S/C12H17NO.C7H16O/c1-10-2-4-11(5-3-10)13-8-6-12(14)7-9-13;1-6(2,3)7(4,5)8/h2-5,12,14H,6-9H2,1H3;8H,1-5H3. The second-order valence-electron chi connectivity index (χ2n) is 7.86. The van der Waals surface area contributed by atoms with Gasteiger partial charge in [0.25, 0.3) is 0 Å². The van der Waals surface area contributed by atoms with Crippen LogP contribution in [0.5, 0.6) is 0 Å². The van der Waals surface area contributed by atoms with E-state index >= 15 is 0 Å². The summed E-state index contributed by atoms with van der Waals surface area (Å²) >= 11 is 0. The number of anilines is 1. The van der Waals surface area contributed by atoms with E-state index in [4.69, 9.17) is 0 Å². The molecule has 1 aromatic carbocycles. The van der Waals surface area contributed by atoms with Crippen LogP contribution in [0.4, 0.5) is 5.69 Å². The first-order chi connectivity index (χ1) is 10.0. The molecule has 126 valence electrons. The second-order valence-corrected chi connectivity index (χ2v) is 7.86. The molecule has 1 heterocycles. The molecule has 1 fully saturated rings. The Hall–Kier alpha value is -1.06. The van der Waals surface area contributed by atoms with Crippen molar-refractivity contribution in [2.45, 2.75) is 66.1 Å². The summed E-state index contributed by atoms with van der Waals surface area (Å²) in [6.45, 7) is 13.8. The molecule has 0 aliphatic carbocycles. The van der Waals surface area contributed by atoms with Gasteiger partial charge in [-0.15, -0.1) is 0 Å². The van der Waals surface area contributed by atoms with Gasteiger partial charge in [0, 0.05) is 18.8 Å². The fraction of sp³-hybridized carbons (Fsp3) is 0.684. The molecule has 0 unspecified atom stereocenters. The lowest BCUT2D eigenvalue weighted by molar-refractivity contribution is -0.0238. The predicted octanol–water partition coefficient (Wildman–Crippen LogP) is 3.76. The number of hydrogen-bond donors (Lipinski definition) is 2. The Morgan fingerprint density at radius 1 is 0.955 bits per heavy atom. The molecule has 0 spiro atoms. The predicted molar refractivity (Wildman–Crippen MR) is 94.4 cm³/mol. The fourth-order valence-corrected chi connectivity index (χ4v) is 1.88. The lowest BCUT2D eigenvalue weighted by Crippen LogP contribution is -2.35. The minimum absolute atomic E-state index is 0.00694. The summed E-state index contributed by atoms with van der Waals surface area (Å²) in [5.41, 5.74) is 2.01. The van der Waals surface area contributed by atoms with E-state index in [1.165, 1.54) is 11.3 Å². The number of aliphatic hydroxyl groups is 2. The number of piperidine rings is 1. The molecule has 22 heavy (non-hydrogen) atoms. The molecule has 2 rings (SSSR count). The van der Waals surface area contributed by atoms with E-state index in [0.717, 1.165) is 25.9 Å². The Morgan fingerprint density at radius 3 is 1.73 bits per heavy atom. The first-order valence-electron chi connectivity index (χ1n) is 8.23. The van der Waals surface area contributed by atoms with Gasteiger partial charge in [-0.1, -0.05) is 38.5 Å². The molecular weight excluding hydrogens is 274 g/mol. The lowest BCUT2D eigenvalue weighted by Gasteiger charge is -2.33. The van der Waals surface area contributed by atoms with Crippen LogP contribution in [-0.2, 0) is 0 Å². The second kappa shape index (κ2) is 7.47. The molecule has 1 aliphatic heterocycles. The van der Waals surface area contributed by atoms with Crippen LogP contribution >= 0.6 is 0 Å². The van der Waals surface area contributed by atoms with Crippen molar-refractivity contribution in [2.24, 2.45) is 5.41 Å². The van der Waals surface area contributed by atoms with Crippen LogP contribution in [0.15, 0.2) is 24.3 Å². The van der Waals surface area contributed by atoms with Gasteiger partial charge in [-0.2, -0.15) is 0 Å². The van der Waals surface area contributed by atoms with Crippen LogP contribution in [0.1, 0.15) is 53.0 Å². The van der Waals surface area contributed by atoms with Crippen molar-refractivity contribution in [2.75, 3.05) is 18.0 Å². The highest BCUT2D eigenvalue weighted by Gasteiger charge is 2.29. The van der Waals surface area contributed by atoms with E-state index in [1.807, 2.05) is 34.6 Å². The summed E-state index contributed by atoms with van der Waals surface area (Å²) < 4.78 is 0. The molecule has 0 bridgehead atoms. The molecule has 0 saturated carbocycles. The van der Waals surface area contributed by atoms with E-state index in [9.17, 15) is 10.2 Å². The van der Waals surface area contributed by atoms with Gasteiger partial charge in [0.15, 0.2) is 0 Å². The van der Waals surface area contributed by atoms with Crippen LogP contribution in [0.25, 0.3) is 0 Å². The zero-order chi connectivity index (χ0) is 17.0. The topological polar surface area (TPSA) is 43.7 Å². The largest absolute Gasteiger partial charge is 0.393 e. The van der Waals surface area contributed by atoms with Crippen molar-refractivity contribution in [3.05, 3.63) is 29.8 Å². The smallest absolute Gasteiger partial charge is 0.0639 e. The molecule has 2 N–H and O–H groups in total. The highest BCUT2D eigenvalue weighted by molar-refractivity contribution is 5.47. The molecule has 0 atom stereocenters. The van der Waals surface area contributed by atoms with Crippen molar-refractivity contribution < 1.29 is 10.2 Å². The maximum absolute atomic E-state index is 9.39. The quantitative estimate of drug-likeness (QED) is 0.830. The highest BCUT2D eigenvalue weighted by atomic mass is 16.3. The molecule has 3 nitrogen and oxygen atoms in total. The fourth-order valence-electron chi connectivity index (χ4n) is 1.88. The van der Waals surface area contributed by atoms with Crippen molar-refractivity contribution in [1.29, 1.82) is 0 Å². The van der Waals surface area contributed by atoms with Crippen LogP contribution in [0.2, 0.25) is 0 Å². The van der Waals surface area contributed by atoms with Gasteiger partial charge in [-0.05, 0) is 51.2 Å². The van der Waals surface area contributed by atoms with E-state index < -0.39 is 5.60 Å². The Morgan fingerprint density at radius 2 is 1.36 bits per heavy atom. The van der Waals surface area contributed by atoms with Crippen molar-refractivity contribution in [3.8, 4) is 0 Å². The van der Waals surface area contributed by atoms with Crippen molar-refractivity contribution in [1.82, 2.24) is 0 Å². The third-order valence-electron chi connectivity index (χ3n) is 4.70. The molecule has 1 aliphatic rings. The minimum atomic E-state index is -0.562. The number of nitrogens with zero attached hydrogens (tertiary/aromatic N) is 1. The maximum Gasteiger partial charge on any atom is 0.0639 e. The van der Waals surface area contributed by atoms with E-state index in [1.54, 1.807) is 0 Å². The van der Waals surface area contributed by atoms with Crippen LogP contribution in [-0.4, -0.2) is 35.0 Å². The number of hydrogen-bond acceptors (Lipinski definition) is 3. The third-order valence-corrected chi connectivity index (χ3v) is 4.70. The Bertz CT molecular complexity index is 420. The Labute approximate surface area is 136 Å². The summed E-state index contributed by atoms with van der Waals surface area (Å²) in [6.07, 6.45) is 1.71. The molecule has 1 aromatic rings. The van der Waals surface area contributed by atoms with Gasteiger partial charge >= 0.3 is 0 Å². The van der Waals surface area contributed by atoms with Gasteiger partial charge in [0.2, 0.25) is 0 Å². The van der Waals surface area contributed by atoms with Crippen LogP contribution < -0.4 is 4.90 Å². The maximum atomic E-state index is 9.39. The summed E-state index contributed by atoms with van der Waals surface area (Å²) in [5, 5.41) is 18.7. The van der Waals surface area contributed by atoms with E-state index in [-0.39, 0.29) is 11.5 Å². The zero-order valence-electron chi connectivity index (χ0n) is 15.1. The summed E-state index contributed by atoms with van der Waals surface area (Å²) in [6, 6.07) is 8.60. The van der Waals surface area contributed by atoms with E-state index in [2.05, 4.69) is 36.1 Å². The van der Waals surface area contributed by atoms with Gasteiger partial charge < -0.3 is 15.1 Å². The average Bonchev–Trinajstić information content (AvgIpc) is 2.39. The number of rotatable bonds is 1. The molecule has 1 saturated heterocycles. The normalized spacial score (nSPS) is 17.0. The Kier molecular flexibility index (Phi) is 6.45. The SMILES string of the molecule is CC(C)(C)C(C)(C)O.Cc1ccc(N2CCC(O)CC2)cc1. The molecule has 0 radical (unpaired) electrons. The minimum Gasteiger partial charge on any atom is -0.393 e. The van der Waals surface area contributed by atoms with Gasteiger partial charge in [0.1, 0.15) is 0 Å². The molecule has 0 aromatic heterocycles. The summed E-state index contributed by atoms with van der Waals surface area (Å²) in [4.78, 5) is 2.34. The highest BCUT2D eigenvalue weighted by Crippen LogP contribution is 2.28. The molecule has 0 amide bonds. The van der Waals surface area contributed by atoms with Crippen LogP contribution in [0.3, 0.4) is 0 Å². The molecule has 3 heteroatoms. The summed E-state index contributed by atoms with van der Waals surface area (Å²) in [7, 11) is 0. The van der Waals surface area contributed by atoms with Crippen molar-refractivity contribution in [3.63, 3.8) is 0 Å². The average molecular weight is 307 g/mol. The van der Waals surface area contributed by atoms with Crippen molar-refractivity contribution >= 4 is 5.69 Å². The third kappa shape index (κ3) is 5.98. The number of benzene rings is 1. The van der Waals surface area contributed by atoms with Gasteiger partial charge in [0.05, 0.1) is 11.7 Å². The zero-order valence-corrected chi connectivity index (χ0v) is 15.1. The number of aliphatic hydroxyl groups excluding tert-OH is 1. The van der Waals surface area contributed by atoms with Gasteiger partial charge in [-0.25, -0.2) is 0 Å². The lowest BCUT2D eigenvalue weighted by atomic mass is 9.79. The van der Waals surface area contributed by atoms with E-state index in [0.29, 0.717) is 0 Å².